The van der Waals surface area contributed by atoms with E-state index in [9.17, 15) is 0 Å². The second kappa shape index (κ2) is 5.35. The van der Waals surface area contributed by atoms with Gasteiger partial charge in [0.15, 0.2) is 0 Å². The van der Waals surface area contributed by atoms with Crippen LogP contribution in [0, 0.1) is 0 Å². The van der Waals surface area contributed by atoms with Gasteiger partial charge in [-0.15, -0.1) is 0 Å². The molecule has 0 aliphatic carbocycles. The summed E-state index contributed by atoms with van der Waals surface area (Å²) in [5.74, 6) is 1.19. The lowest BCUT2D eigenvalue weighted by atomic mass is 10.2. The summed E-state index contributed by atoms with van der Waals surface area (Å²) >= 11 is 0. The Hall–Kier alpha value is -2.30. The number of nitrogen functional groups attached to an aromatic ring is 2. The molecule has 0 bridgehead atoms. The second-order valence-electron chi connectivity index (χ2n) is 4.14. The maximum absolute atomic E-state index is 5.69. The molecule has 5 nitrogen and oxygen atoms in total. The summed E-state index contributed by atoms with van der Waals surface area (Å²) in [6.07, 6.45) is 2.66. The summed E-state index contributed by atoms with van der Waals surface area (Å²) in [5.41, 5.74) is 12.9. The van der Waals surface area contributed by atoms with Crippen LogP contribution in [0.2, 0.25) is 0 Å². The van der Waals surface area contributed by atoms with E-state index in [1.54, 1.807) is 12.3 Å². The van der Waals surface area contributed by atoms with Crippen molar-refractivity contribution in [3.05, 3.63) is 42.2 Å². The molecule has 2 heterocycles. The van der Waals surface area contributed by atoms with Crippen LogP contribution in [-0.2, 0) is 6.42 Å². The number of pyridine rings is 2. The first-order valence-electron chi connectivity index (χ1n) is 5.80. The Morgan fingerprint density at radius 2 is 2.00 bits per heavy atom. The Morgan fingerprint density at radius 3 is 2.67 bits per heavy atom. The largest absolute Gasteiger partial charge is 0.396 e. The summed E-state index contributed by atoms with van der Waals surface area (Å²) in [5, 5.41) is 0. The van der Waals surface area contributed by atoms with Crippen LogP contribution in [0.1, 0.15) is 5.69 Å². The van der Waals surface area contributed by atoms with Crippen molar-refractivity contribution >= 4 is 17.3 Å². The van der Waals surface area contributed by atoms with Gasteiger partial charge in [0, 0.05) is 31.9 Å². The summed E-state index contributed by atoms with van der Waals surface area (Å²) in [6.45, 7) is 0.827. The zero-order valence-electron chi connectivity index (χ0n) is 10.4. The number of aromatic nitrogens is 2. The molecular formula is C13H17N5. The number of hydrogen-bond acceptors (Lipinski definition) is 5. The number of hydrogen-bond donors (Lipinski definition) is 2. The third kappa shape index (κ3) is 2.88. The van der Waals surface area contributed by atoms with Gasteiger partial charge in [0.05, 0.1) is 5.69 Å². The van der Waals surface area contributed by atoms with E-state index in [-0.39, 0.29) is 0 Å². The average Bonchev–Trinajstić information content (AvgIpc) is 2.40. The van der Waals surface area contributed by atoms with Crippen molar-refractivity contribution in [2.45, 2.75) is 6.42 Å². The van der Waals surface area contributed by atoms with Crippen molar-refractivity contribution in [1.82, 2.24) is 9.97 Å². The molecule has 0 radical (unpaired) electrons. The third-order valence-corrected chi connectivity index (χ3v) is 2.76. The zero-order chi connectivity index (χ0) is 13.0. The Kier molecular flexibility index (Phi) is 3.62. The van der Waals surface area contributed by atoms with Crippen molar-refractivity contribution in [1.29, 1.82) is 0 Å². The Labute approximate surface area is 106 Å². The van der Waals surface area contributed by atoms with Gasteiger partial charge in [-0.2, -0.15) is 0 Å². The Balaban J connectivity index is 1.99. The molecule has 0 saturated carbocycles. The lowest BCUT2D eigenvalue weighted by Gasteiger charge is -2.18. The molecule has 2 aromatic rings. The smallest absolute Gasteiger partial charge is 0.149 e. The SMILES string of the molecule is CN(CCc1ccccn1)c1ccc(N)c(N)n1. The minimum atomic E-state index is 0.372. The molecule has 2 rings (SSSR count). The van der Waals surface area contributed by atoms with E-state index in [1.165, 1.54) is 0 Å². The van der Waals surface area contributed by atoms with E-state index in [0.29, 0.717) is 11.5 Å². The molecule has 0 unspecified atom stereocenters. The van der Waals surface area contributed by atoms with Crippen molar-refractivity contribution in [3.63, 3.8) is 0 Å². The number of likely N-dealkylation sites (N-methyl/N-ethyl adjacent to an activating group) is 1. The first-order valence-corrected chi connectivity index (χ1v) is 5.80. The fraction of sp³-hybridized carbons (Fsp3) is 0.231. The Morgan fingerprint density at radius 1 is 1.17 bits per heavy atom. The predicted octanol–water partition coefficient (Wildman–Crippen LogP) is 1.32. The first kappa shape index (κ1) is 12.2. The van der Waals surface area contributed by atoms with Gasteiger partial charge in [-0.05, 0) is 24.3 Å². The summed E-state index contributed by atoms with van der Waals surface area (Å²) < 4.78 is 0. The molecule has 94 valence electrons. The van der Waals surface area contributed by atoms with Gasteiger partial charge in [0.2, 0.25) is 0 Å². The van der Waals surface area contributed by atoms with Crippen molar-refractivity contribution in [2.75, 3.05) is 30.0 Å². The summed E-state index contributed by atoms with van der Waals surface area (Å²) in [4.78, 5) is 10.6. The van der Waals surface area contributed by atoms with E-state index in [4.69, 9.17) is 11.5 Å². The number of nitrogens with two attached hydrogens (primary N) is 2. The quantitative estimate of drug-likeness (QED) is 0.846. The van der Waals surface area contributed by atoms with Crippen LogP contribution in [0.4, 0.5) is 17.3 Å². The van der Waals surface area contributed by atoms with E-state index in [0.717, 1.165) is 24.5 Å². The topological polar surface area (TPSA) is 81.1 Å². The Bertz CT molecular complexity index is 512. The van der Waals surface area contributed by atoms with Gasteiger partial charge in [0.1, 0.15) is 11.6 Å². The molecule has 2 aromatic heterocycles. The van der Waals surface area contributed by atoms with Crippen molar-refractivity contribution < 1.29 is 0 Å². The second-order valence-corrected chi connectivity index (χ2v) is 4.14. The molecule has 0 atom stereocenters. The van der Waals surface area contributed by atoms with Crippen molar-refractivity contribution in [2.24, 2.45) is 0 Å². The number of nitrogens with zero attached hydrogens (tertiary/aromatic N) is 3. The molecular weight excluding hydrogens is 226 g/mol. The highest BCUT2D eigenvalue weighted by Gasteiger charge is 2.05. The minimum Gasteiger partial charge on any atom is -0.396 e. The molecule has 0 amide bonds. The molecule has 18 heavy (non-hydrogen) atoms. The van der Waals surface area contributed by atoms with Crippen LogP contribution >= 0.6 is 0 Å². The number of rotatable bonds is 4. The zero-order valence-corrected chi connectivity index (χ0v) is 10.4. The molecule has 0 saturated heterocycles. The van der Waals surface area contributed by atoms with Gasteiger partial charge in [-0.25, -0.2) is 4.98 Å². The van der Waals surface area contributed by atoms with E-state index in [2.05, 4.69) is 9.97 Å². The monoisotopic (exact) mass is 243 g/mol. The maximum Gasteiger partial charge on any atom is 0.149 e. The standard InChI is InChI=1S/C13H17N5/c1-18(9-7-10-4-2-3-8-16-10)12-6-5-11(14)13(15)17-12/h2-6,8H,7,9,14H2,1H3,(H2,15,17). The highest BCUT2D eigenvalue weighted by atomic mass is 15.2. The highest BCUT2D eigenvalue weighted by Crippen LogP contribution is 2.17. The predicted molar refractivity (Wildman–Crippen MR) is 74.3 cm³/mol. The highest BCUT2D eigenvalue weighted by molar-refractivity contribution is 5.62. The fourth-order valence-corrected chi connectivity index (χ4v) is 1.63. The molecule has 5 heteroatoms. The van der Waals surface area contributed by atoms with E-state index >= 15 is 0 Å². The fourth-order valence-electron chi connectivity index (χ4n) is 1.63. The van der Waals surface area contributed by atoms with E-state index in [1.807, 2.05) is 36.2 Å². The van der Waals surface area contributed by atoms with Crippen LogP contribution in [0.5, 0.6) is 0 Å². The average molecular weight is 243 g/mol. The van der Waals surface area contributed by atoms with Crippen LogP contribution in [-0.4, -0.2) is 23.6 Å². The maximum atomic E-state index is 5.69. The molecule has 4 N–H and O–H groups in total. The van der Waals surface area contributed by atoms with Crippen LogP contribution in [0.25, 0.3) is 0 Å². The number of anilines is 3. The van der Waals surface area contributed by atoms with Gasteiger partial charge in [0.25, 0.3) is 0 Å². The normalized spacial score (nSPS) is 10.3. The van der Waals surface area contributed by atoms with E-state index < -0.39 is 0 Å². The van der Waals surface area contributed by atoms with Gasteiger partial charge in [-0.1, -0.05) is 6.07 Å². The van der Waals surface area contributed by atoms with Crippen LogP contribution in [0.15, 0.2) is 36.5 Å². The van der Waals surface area contributed by atoms with Gasteiger partial charge < -0.3 is 16.4 Å². The third-order valence-electron chi connectivity index (χ3n) is 2.76. The lowest BCUT2D eigenvalue weighted by molar-refractivity contribution is 0.840. The van der Waals surface area contributed by atoms with Gasteiger partial charge >= 0.3 is 0 Å². The molecule has 0 aliphatic rings. The first-order chi connectivity index (χ1) is 8.66. The van der Waals surface area contributed by atoms with Gasteiger partial charge in [-0.3, -0.25) is 4.98 Å². The van der Waals surface area contributed by atoms with Crippen LogP contribution < -0.4 is 16.4 Å². The van der Waals surface area contributed by atoms with Crippen molar-refractivity contribution in [3.8, 4) is 0 Å². The minimum absolute atomic E-state index is 0.372. The molecule has 0 fully saturated rings. The summed E-state index contributed by atoms with van der Waals surface area (Å²) in [7, 11) is 1.97. The van der Waals surface area contributed by atoms with Crippen LogP contribution in [0.3, 0.4) is 0 Å². The molecule has 0 aromatic carbocycles. The molecule has 0 spiro atoms. The molecule has 0 aliphatic heterocycles. The lowest BCUT2D eigenvalue weighted by Crippen LogP contribution is -2.22. The summed E-state index contributed by atoms with van der Waals surface area (Å²) in [6, 6.07) is 9.55.